The summed E-state index contributed by atoms with van der Waals surface area (Å²) < 4.78 is 7.33. The smallest absolute Gasteiger partial charge is 0.168 e. The van der Waals surface area contributed by atoms with Crippen molar-refractivity contribution in [1.29, 1.82) is 0 Å². The molecule has 0 aliphatic carbocycles. The second-order valence-electron chi connectivity index (χ2n) is 3.66. The minimum Gasteiger partial charge on any atom is -0.497 e. The maximum atomic E-state index is 5.20. The molecule has 17 heavy (non-hydrogen) atoms. The summed E-state index contributed by atoms with van der Waals surface area (Å²) >= 11 is 1.80. The molecule has 0 radical (unpaired) electrons. The van der Waals surface area contributed by atoms with Gasteiger partial charge < -0.3 is 9.30 Å². The number of methoxy groups -OCH3 is 1. The van der Waals surface area contributed by atoms with Crippen molar-refractivity contribution in [1.82, 2.24) is 9.55 Å². The van der Waals surface area contributed by atoms with Gasteiger partial charge in [-0.25, -0.2) is 4.98 Å². The Balaban J connectivity index is 0.00000144. The largest absolute Gasteiger partial charge is 0.497 e. The molecule has 0 unspecified atom stereocenters. The Bertz CT molecular complexity index is 498. The first-order valence-electron chi connectivity index (χ1n) is 5.39. The highest BCUT2D eigenvalue weighted by Gasteiger charge is 2.08. The first-order chi connectivity index (χ1) is 7.76. The van der Waals surface area contributed by atoms with Gasteiger partial charge >= 0.3 is 0 Å². The van der Waals surface area contributed by atoms with Crippen molar-refractivity contribution >= 4 is 35.2 Å². The minimum absolute atomic E-state index is 0. The summed E-state index contributed by atoms with van der Waals surface area (Å²) in [6.45, 7) is 2.18. The Morgan fingerprint density at radius 2 is 2.18 bits per heavy atom. The minimum atomic E-state index is 0. The second kappa shape index (κ2) is 6.17. The van der Waals surface area contributed by atoms with E-state index in [0.29, 0.717) is 0 Å². The molecular weight excluding hydrogens is 256 g/mol. The zero-order valence-corrected chi connectivity index (χ0v) is 11.9. The quantitative estimate of drug-likeness (QED) is 0.797. The molecule has 0 aliphatic heterocycles. The van der Waals surface area contributed by atoms with Crippen LogP contribution in [0.1, 0.15) is 13.3 Å². The summed E-state index contributed by atoms with van der Waals surface area (Å²) in [7, 11) is 3.73. The predicted molar refractivity (Wildman–Crippen MR) is 75.5 cm³/mol. The van der Waals surface area contributed by atoms with Gasteiger partial charge in [0.25, 0.3) is 0 Å². The number of fused-ring (bicyclic) bond motifs is 1. The SMILES string of the molecule is CCCSc1nc2cc(OC)ccc2n1C.Cl. The third-order valence-corrected chi connectivity index (χ3v) is 3.72. The lowest BCUT2D eigenvalue weighted by atomic mass is 10.3. The van der Waals surface area contributed by atoms with Gasteiger partial charge in [0.2, 0.25) is 0 Å². The number of halogens is 1. The van der Waals surface area contributed by atoms with Crippen LogP contribution in [-0.2, 0) is 7.05 Å². The summed E-state index contributed by atoms with van der Waals surface area (Å²) in [5, 5.41) is 1.07. The lowest BCUT2D eigenvalue weighted by Crippen LogP contribution is -1.91. The Morgan fingerprint density at radius 1 is 1.41 bits per heavy atom. The molecule has 0 fully saturated rings. The van der Waals surface area contributed by atoms with Crippen molar-refractivity contribution in [3.8, 4) is 5.75 Å². The number of thioether (sulfide) groups is 1. The van der Waals surface area contributed by atoms with E-state index >= 15 is 0 Å². The molecule has 0 saturated heterocycles. The number of aromatic nitrogens is 2. The molecule has 2 aromatic rings. The van der Waals surface area contributed by atoms with Gasteiger partial charge in [-0.3, -0.25) is 0 Å². The number of benzene rings is 1. The molecule has 0 bridgehead atoms. The van der Waals surface area contributed by atoms with E-state index in [0.717, 1.165) is 34.1 Å². The molecule has 2 rings (SSSR count). The van der Waals surface area contributed by atoms with E-state index in [-0.39, 0.29) is 12.4 Å². The van der Waals surface area contributed by atoms with Crippen LogP contribution in [0.5, 0.6) is 5.75 Å². The van der Waals surface area contributed by atoms with Crippen molar-refractivity contribution in [2.45, 2.75) is 18.5 Å². The number of imidazole rings is 1. The summed E-state index contributed by atoms with van der Waals surface area (Å²) in [5.41, 5.74) is 2.15. The van der Waals surface area contributed by atoms with Crippen LogP contribution >= 0.6 is 24.2 Å². The summed E-state index contributed by atoms with van der Waals surface area (Å²) in [4.78, 5) is 4.60. The van der Waals surface area contributed by atoms with Crippen LogP contribution in [0.4, 0.5) is 0 Å². The van der Waals surface area contributed by atoms with Crippen molar-refractivity contribution < 1.29 is 4.74 Å². The number of hydrogen-bond donors (Lipinski definition) is 0. The molecule has 1 aromatic heterocycles. The molecule has 0 N–H and O–H groups in total. The Hall–Kier alpha value is -0.870. The fourth-order valence-corrected chi connectivity index (χ4v) is 2.45. The molecule has 94 valence electrons. The summed E-state index contributed by atoms with van der Waals surface area (Å²) in [6, 6.07) is 6.00. The molecule has 0 spiro atoms. The molecule has 5 heteroatoms. The van der Waals surface area contributed by atoms with Crippen LogP contribution < -0.4 is 4.74 Å². The number of rotatable bonds is 4. The average Bonchev–Trinajstić information content (AvgIpc) is 2.63. The molecule has 0 saturated carbocycles. The van der Waals surface area contributed by atoms with Gasteiger partial charge in [-0.15, -0.1) is 12.4 Å². The molecule has 1 aromatic carbocycles. The van der Waals surface area contributed by atoms with Gasteiger partial charge in [-0.2, -0.15) is 0 Å². The maximum absolute atomic E-state index is 5.20. The van der Waals surface area contributed by atoms with Crippen LogP contribution in [0.15, 0.2) is 23.4 Å². The van der Waals surface area contributed by atoms with E-state index in [1.807, 2.05) is 12.1 Å². The van der Waals surface area contributed by atoms with E-state index in [4.69, 9.17) is 4.74 Å². The first-order valence-corrected chi connectivity index (χ1v) is 6.38. The third kappa shape index (κ3) is 2.87. The molecule has 0 amide bonds. The Labute approximate surface area is 112 Å². The topological polar surface area (TPSA) is 27.1 Å². The third-order valence-electron chi connectivity index (χ3n) is 2.48. The number of hydrogen-bond acceptors (Lipinski definition) is 3. The van der Waals surface area contributed by atoms with E-state index in [1.54, 1.807) is 18.9 Å². The van der Waals surface area contributed by atoms with Gasteiger partial charge in [-0.05, 0) is 18.6 Å². The zero-order chi connectivity index (χ0) is 11.5. The van der Waals surface area contributed by atoms with Gasteiger partial charge in [-0.1, -0.05) is 18.7 Å². The summed E-state index contributed by atoms with van der Waals surface area (Å²) in [6.07, 6.45) is 1.16. The monoisotopic (exact) mass is 272 g/mol. The predicted octanol–water partition coefficient (Wildman–Crippen LogP) is 3.51. The van der Waals surface area contributed by atoms with Gasteiger partial charge in [0.1, 0.15) is 5.75 Å². The Kier molecular flexibility index (Phi) is 5.15. The summed E-state index contributed by atoms with van der Waals surface area (Å²) in [5.74, 6) is 1.96. The number of ether oxygens (including phenoxy) is 1. The van der Waals surface area contributed by atoms with Gasteiger partial charge in [0.05, 0.1) is 18.1 Å². The average molecular weight is 273 g/mol. The highest BCUT2D eigenvalue weighted by atomic mass is 35.5. The number of nitrogens with zero attached hydrogens (tertiary/aromatic N) is 2. The van der Waals surface area contributed by atoms with Crippen molar-refractivity contribution in [2.24, 2.45) is 7.05 Å². The van der Waals surface area contributed by atoms with E-state index in [2.05, 4.69) is 29.6 Å². The Morgan fingerprint density at radius 3 is 2.82 bits per heavy atom. The van der Waals surface area contributed by atoms with Crippen molar-refractivity contribution in [3.63, 3.8) is 0 Å². The molecule has 0 aliphatic rings. The maximum Gasteiger partial charge on any atom is 0.168 e. The number of aryl methyl sites for hydroxylation is 1. The zero-order valence-electron chi connectivity index (χ0n) is 10.3. The lowest BCUT2D eigenvalue weighted by Gasteiger charge is -2.00. The van der Waals surface area contributed by atoms with E-state index in [1.165, 1.54) is 0 Å². The molecule has 1 heterocycles. The second-order valence-corrected chi connectivity index (χ2v) is 4.72. The lowest BCUT2D eigenvalue weighted by molar-refractivity contribution is 0.415. The van der Waals surface area contributed by atoms with Gasteiger partial charge in [0, 0.05) is 18.9 Å². The normalized spacial score (nSPS) is 10.3. The van der Waals surface area contributed by atoms with Crippen LogP contribution in [0.3, 0.4) is 0 Å². The van der Waals surface area contributed by atoms with Crippen molar-refractivity contribution in [2.75, 3.05) is 12.9 Å². The molecule has 3 nitrogen and oxygen atoms in total. The standard InChI is InChI=1S/C12H16N2OS.ClH/c1-4-7-16-12-13-10-8-9(15-3)5-6-11(10)14(12)2;/h5-6,8H,4,7H2,1-3H3;1H. The fourth-order valence-electron chi connectivity index (χ4n) is 1.61. The van der Waals surface area contributed by atoms with Crippen LogP contribution in [0, 0.1) is 0 Å². The van der Waals surface area contributed by atoms with E-state index < -0.39 is 0 Å². The molecular formula is C12H17ClN2OS. The fraction of sp³-hybridized carbons (Fsp3) is 0.417. The van der Waals surface area contributed by atoms with Crippen molar-refractivity contribution in [3.05, 3.63) is 18.2 Å². The first kappa shape index (κ1) is 14.2. The van der Waals surface area contributed by atoms with Crippen LogP contribution in [0.2, 0.25) is 0 Å². The molecule has 0 atom stereocenters. The highest BCUT2D eigenvalue weighted by molar-refractivity contribution is 7.99. The highest BCUT2D eigenvalue weighted by Crippen LogP contribution is 2.25. The van der Waals surface area contributed by atoms with E-state index in [9.17, 15) is 0 Å². The van der Waals surface area contributed by atoms with Crippen LogP contribution in [0.25, 0.3) is 11.0 Å². The van der Waals surface area contributed by atoms with Crippen LogP contribution in [-0.4, -0.2) is 22.4 Å². The van der Waals surface area contributed by atoms with Gasteiger partial charge in [0.15, 0.2) is 5.16 Å².